The molecule has 0 fully saturated rings. The van der Waals surface area contributed by atoms with Crippen LogP contribution in [0.15, 0.2) is 6.07 Å². The molecule has 0 aromatic heterocycles. The molecule has 0 atom stereocenters. The van der Waals surface area contributed by atoms with E-state index in [0.717, 1.165) is 19.5 Å². The van der Waals surface area contributed by atoms with Crippen molar-refractivity contribution in [2.45, 2.75) is 40.5 Å². The molecular weight excluding hydrogens is 220 g/mol. The van der Waals surface area contributed by atoms with Crippen molar-refractivity contribution >= 4 is 0 Å². The van der Waals surface area contributed by atoms with E-state index in [1.165, 1.54) is 27.8 Å². The van der Waals surface area contributed by atoms with Gasteiger partial charge in [-0.15, -0.1) is 0 Å². The first-order valence-electron chi connectivity index (χ1n) is 6.59. The Morgan fingerprint density at radius 1 is 1.06 bits per heavy atom. The lowest BCUT2D eigenvalue weighted by Gasteiger charge is -2.19. The minimum atomic E-state index is 0.612. The van der Waals surface area contributed by atoms with Crippen LogP contribution in [0.25, 0.3) is 0 Å². The van der Waals surface area contributed by atoms with Gasteiger partial charge in [-0.1, -0.05) is 6.07 Å². The van der Waals surface area contributed by atoms with E-state index in [4.69, 9.17) is 5.26 Å². The van der Waals surface area contributed by atoms with Gasteiger partial charge in [0.25, 0.3) is 0 Å². The van der Waals surface area contributed by atoms with E-state index < -0.39 is 0 Å². The van der Waals surface area contributed by atoms with Crippen molar-refractivity contribution in [3.05, 3.63) is 33.9 Å². The minimum absolute atomic E-state index is 0.612. The Kier molecular flexibility index (Phi) is 5.37. The fraction of sp³-hybridized carbons (Fsp3) is 0.562. The van der Waals surface area contributed by atoms with E-state index in [0.29, 0.717) is 6.42 Å². The third kappa shape index (κ3) is 3.58. The highest BCUT2D eigenvalue weighted by Gasteiger charge is 2.09. The standard InChI is InChI=1S/C16H24N2/c1-12-11-13(2)15(4)16(14(12)3)7-10-18(5)9-6-8-17/h11H,6-7,9-10H2,1-5H3. The van der Waals surface area contributed by atoms with Crippen molar-refractivity contribution in [2.24, 2.45) is 0 Å². The average Bonchev–Trinajstić information content (AvgIpc) is 2.34. The van der Waals surface area contributed by atoms with Crippen molar-refractivity contribution in [2.75, 3.05) is 20.1 Å². The summed E-state index contributed by atoms with van der Waals surface area (Å²) in [5.41, 5.74) is 7.09. The molecule has 0 spiro atoms. The average molecular weight is 244 g/mol. The Balaban J connectivity index is 2.76. The zero-order valence-electron chi connectivity index (χ0n) is 12.3. The van der Waals surface area contributed by atoms with Crippen LogP contribution in [0.5, 0.6) is 0 Å². The van der Waals surface area contributed by atoms with Crippen LogP contribution in [0, 0.1) is 39.0 Å². The van der Waals surface area contributed by atoms with Crippen molar-refractivity contribution in [3.8, 4) is 6.07 Å². The molecule has 1 rings (SSSR count). The monoisotopic (exact) mass is 244 g/mol. The zero-order valence-corrected chi connectivity index (χ0v) is 12.3. The van der Waals surface area contributed by atoms with Crippen molar-refractivity contribution < 1.29 is 0 Å². The van der Waals surface area contributed by atoms with E-state index in [-0.39, 0.29) is 0 Å². The largest absolute Gasteiger partial charge is 0.305 e. The Morgan fingerprint density at radius 2 is 1.61 bits per heavy atom. The van der Waals surface area contributed by atoms with Crippen molar-refractivity contribution in [3.63, 3.8) is 0 Å². The first-order chi connectivity index (χ1) is 8.47. The summed E-state index contributed by atoms with van der Waals surface area (Å²) < 4.78 is 0. The molecule has 0 heterocycles. The molecule has 0 saturated heterocycles. The lowest BCUT2D eigenvalue weighted by molar-refractivity contribution is 0.346. The maximum atomic E-state index is 8.58. The molecule has 0 aliphatic heterocycles. The van der Waals surface area contributed by atoms with Gasteiger partial charge in [0.2, 0.25) is 0 Å². The maximum Gasteiger partial charge on any atom is 0.0635 e. The highest BCUT2D eigenvalue weighted by atomic mass is 15.1. The van der Waals surface area contributed by atoms with Gasteiger partial charge in [0.15, 0.2) is 0 Å². The van der Waals surface area contributed by atoms with E-state index in [2.05, 4.69) is 51.8 Å². The van der Waals surface area contributed by atoms with E-state index in [1.54, 1.807) is 0 Å². The Bertz CT molecular complexity index is 429. The number of benzene rings is 1. The van der Waals surface area contributed by atoms with Gasteiger partial charge in [0, 0.05) is 19.5 Å². The molecule has 0 amide bonds. The van der Waals surface area contributed by atoms with Gasteiger partial charge in [-0.05, 0) is 69.0 Å². The van der Waals surface area contributed by atoms with Crippen LogP contribution in [0.4, 0.5) is 0 Å². The van der Waals surface area contributed by atoms with Crippen LogP contribution in [0.2, 0.25) is 0 Å². The van der Waals surface area contributed by atoms with Crippen LogP contribution in [-0.4, -0.2) is 25.0 Å². The molecule has 0 radical (unpaired) electrons. The molecule has 2 nitrogen and oxygen atoms in total. The second-order valence-electron chi connectivity index (χ2n) is 5.20. The smallest absolute Gasteiger partial charge is 0.0635 e. The number of aryl methyl sites for hydroxylation is 2. The Labute approximate surface area is 111 Å². The molecule has 0 N–H and O–H groups in total. The molecule has 2 heteroatoms. The summed E-state index contributed by atoms with van der Waals surface area (Å²) in [7, 11) is 2.09. The number of nitrogens with zero attached hydrogens (tertiary/aromatic N) is 2. The summed E-state index contributed by atoms with van der Waals surface area (Å²) in [6.45, 7) is 10.7. The van der Waals surface area contributed by atoms with Crippen LogP contribution < -0.4 is 0 Å². The van der Waals surface area contributed by atoms with Crippen LogP contribution >= 0.6 is 0 Å². The zero-order chi connectivity index (χ0) is 13.7. The summed E-state index contributed by atoms with van der Waals surface area (Å²) >= 11 is 0. The molecule has 0 bridgehead atoms. The van der Waals surface area contributed by atoms with Gasteiger partial charge >= 0.3 is 0 Å². The number of hydrogen-bond acceptors (Lipinski definition) is 2. The van der Waals surface area contributed by atoms with E-state index >= 15 is 0 Å². The molecule has 0 aliphatic carbocycles. The van der Waals surface area contributed by atoms with Gasteiger partial charge in [-0.3, -0.25) is 0 Å². The predicted octanol–water partition coefficient (Wildman–Crippen LogP) is 3.31. The van der Waals surface area contributed by atoms with Gasteiger partial charge in [0.05, 0.1) is 6.07 Å². The summed E-state index contributed by atoms with van der Waals surface area (Å²) in [5.74, 6) is 0. The number of likely N-dealkylation sites (N-methyl/N-ethyl adjacent to an activating group) is 1. The molecule has 98 valence electrons. The predicted molar refractivity (Wildman–Crippen MR) is 76.8 cm³/mol. The summed E-state index contributed by atoms with van der Waals surface area (Å²) in [5, 5.41) is 8.58. The fourth-order valence-corrected chi connectivity index (χ4v) is 2.33. The topological polar surface area (TPSA) is 27.0 Å². The second kappa shape index (κ2) is 6.56. The normalized spacial score (nSPS) is 10.7. The van der Waals surface area contributed by atoms with Crippen LogP contribution in [-0.2, 0) is 6.42 Å². The van der Waals surface area contributed by atoms with Gasteiger partial charge in [0.1, 0.15) is 0 Å². The highest BCUT2D eigenvalue weighted by molar-refractivity contribution is 5.44. The maximum absolute atomic E-state index is 8.58. The first-order valence-corrected chi connectivity index (χ1v) is 6.59. The SMILES string of the molecule is Cc1cc(C)c(C)c(CCN(C)CCC#N)c1C. The van der Waals surface area contributed by atoms with E-state index in [9.17, 15) is 0 Å². The van der Waals surface area contributed by atoms with Crippen molar-refractivity contribution in [1.29, 1.82) is 5.26 Å². The summed E-state index contributed by atoms with van der Waals surface area (Å²) in [6, 6.07) is 4.47. The lowest BCUT2D eigenvalue weighted by Crippen LogP contribution is -2.22. The number of nitriles is 1. The van der Waals surface area contributed by atoms with Gasteiger partial charge in [-0.2, -0.15) is 5.26 Å². The molecule has 0 saturated carbocycles. The van der Waals surface area contributed by atoms with Crippen LogP contribution in [0.3, 0.4) is 0 Å². The van der Waals surface area contributed by atoms with Crippen LogP contribution in [0.1, 0.15) is 34.2 Å². The summed E-state index contributed by atoms with van der Waals surface area (Å²) in [6.07, 6.45) is 1.68. The quantitative estimate of drug-likeness (QED) is 0.794. The van der Waals surface area contributed by atoms with Crippen molar-refractivity contribution in [1.82, 2.24) is 4.90 Å². The van der Waals surface area contributed by atoms with Gasteiger partial charge in [-0.25, -0.2) is 0 Å². The molecule has 1 aromatic carbocycles. The van der Waals surface area contributed by atoms with Gasteiger partial charge < -0.3 is 4.90 Å². The molecular formula is C16H24N2. The molecule has 1 aromatic rings. The minimum Gasteiger partial charge on any atom is -0.305 e. The molecule has 0 aliphatic rings. The lowest BCUT2D eigenvalue weighted by atomic mass is 9.92. The number of hydrogen-bond donors (Lipinski definition) is 0. The Morgan fingerprint density at radius 3 is 2.11 bits per heavy atom. The third-order valence-electron chi connectivity index (χ3n) is 3.87. The Hall–Kier alpha value is -1.33. The highest BCUT2D eigenvalue weighted by Crippen LogP contribution is 2.22. The summed E-state index contributed by atoms with van der Waals surface area (Å²) in [4.78, 5) is 2.24. The fourth-order valence-electron chi connectivity index (χ4n) is 2.33. The van der Waals surface area contributed by atoms with E-state index in [1.807, 2.05) is 0 Å². The third-order valence-corrected chi connectivity index (χ3v) is 3.87. The second-order valence-corrected chi connectivity index (χ2v) is 5.20. The number of rotatable bonds is 5. The molecule has 18 heavy (non-hydrogen) atoms. The molecule has 0 unspecified atom stereocenters. The first kappa shape index (κ1) is 14.7.